The van der Waals surface area contributed by atoms with Crippen molar-refractivity contribution in [1.82, 2.24) is 9.78 Å². The molecule has 0 spiro atoms. The second-order valence-electron chi connectivity index (χ2n) is 3.94. The maximum Gasteiger partial charge on any atom is 0.356 e. The van der Waals surface area contributed by atoms with Crippen LogP contribution in [0.5, 0.6) is 0 Å². The third kappa shape index (κ3) is 3.13. The number of aromatic nitrogens is 2. The lowest BCUT2D eigenvalue weighted by Crippen LogP contribution is -2.04. The minimum atomic E-state index is -1.11. The Hall–Kier alpha value is -0.700. The number of halogens is 3. The molecule has 5 nitrogen and oxygen atoms in total. The highest BCUT2D eigenvalue weighted by atomic mass is 79.9. The number of benzene rings is 1. The van der Waals surface area contributed by atoms with Crippen LogP contribution in [0.4, 0.5) is 0 Å². The molecule has 0 atom stereocenters. The summed E-state index contributed by atoms with van der Waals surface area (Å²) in [7, 11) is 0. The van der Waals surface area contributed by atoms with E-state index in [1.165, 1.54) is 4.68 Å². The van der Waals surface area contributed by atoms with Gasteiger partial charge in [-0.1, -0.05) is 15.9 Å². The molecule has 0 amide bonds. The summed E-state index contributed by atoms with van der Waals surface area (Å²) >= 11 is 10.2. The van der Waals surface area contributed by atoms with Gasteiger partial charge in [0.05, 0.1) is 5.69 Å². The van der Waals surface area contributed by atoms with Crippen molar-refractivity contribution >= 4 is 53.8 Å². The first-order valence-corrected chi connectivity index (χ1v) is 7.89. The van der Waals surface area contributed by atoms with E-state index in [0.717, 1.165) is 13.4 Å². The van der Waals surface area contributed by atoms with Crippen molar-refractivity contribution in [2.24, 2.45) is 0 Å². The van der Waals surface area contributed by atoms with E-state index in [1.54, 1.807) is 6.20 Å². The summed E-state index contributed by atoms with van der Waals surface area (Å²) in [5.74, 6) is -1.11. The minimum Gasteiger partial charge on any atom is -0.476 e. The van der Waals surface area contributed by atoms with Crippen LogP contribution >= 0.6 is 47.8 Å². The summed E-state index contributed by atoms with van der Waals surface area (Å²) in [5, 5.41) is 22.2. The molecular formula is C12H9Br3N2O3. The van der Waals surface area contributed by atoms with Gasteiger partial charge in [-0.05, 0) is 50.4 Å². The largest absolute Gasteiger partial charge is 0.476 e. The molecular weight excluding hydrogens is 460 g/mol. The summed E-state index contributed by atoms with van der Waals surface area (Å²) in [6, 6.07) is 3.68. The molecule has 0 aliphatic rings. The smallest absolute Gasteiger partial charge is 0.356 e. The lowest BCUT2D eigenvalue weighted by Gasteiger charge is -2.08. The van der Waals surface area contributed by atoms with E-state index in [9.17, 15) is 4.79 Å². The van der Waals surface area contributed by atoms with Gasteiger partial charge in [0.2, 0.25) is 0 Å². The van der Waals surface area contributed by atoms with Crippen LogP contribution in [0, 0.1) is 0 Å². The van der Waals surface area contributed by atoms with Crippen molar-refractivity contribution < 1.29 is 15.0 Å². The third-order valence-electron chi connectivity index (χ3n) is 2.58. The van der Waals surface area contributed by atoms with Crippen LogP contribution in [0.2, 0.25) is 0 Å². The summed E-state index contributed by atoms with van der Waals surface area (Å²) < 4.78 is 3.87. The molecule has 0 saturated carbocycles. The van der Waals surface area contributed by atoms with Gasteiger partial charge in [-0.15, -0.1) is 0 Å². The van der Waals surface area contributed by atoms with Crippen molar-refractivity contribution in [1.29, 1.82) is 0 Å². The van der Waals surface area contributed by atoms with Crippen molar-refractivity contribution in [2.75, 3.05) is 6.61 Å². The lowest BCUT2D eigenvalue weighted by molar-refractivity contribution is 0.0688. The number of carbonyl (C=O) groups is 1. The van der Waals surface area contributed by atoms with E-state index < -0.39 is 5.97 Å². The Labute approximate surface area is 140 Å². The van der Waals surface area contributed by atoms with Crippen LogP contribution in [-0.2, 0) is 6.42 Å². The van der Waals surface area contributed by atoms with Crippen LogP contribution in [0.1, 0.15) is 16.1 Å². The molecule has 1 aromatic heterocycles. The van der Waals surface area contributed by atoms with Crippen LogP contribution < -0.4 is 0 Å². The zero-order valence-electron chi connectivity index (χ0n) is 9.98. The summed E-state index contributed by atoms with van der Waals surface area (Å²) in [5.41, 5.74) is 1.13. The molecule has 0 fully saturated rings. The second kappa shape index (κ2) is 6.38. The molecule has 106 valence electrons. The van der Waals surface area contributed by atoms with Gasteiger partial charge >= 0.3 is 5.97 Å². The van der Waals surface area contributed by atoms with Crippen LogP contribution in [0.3, 0.4) is 0 Å². The number of carboxylic acids is 1. The van der Waals surface area contributed by atoms with Gasteiger partial charge in [-0.2, -0.15) is 5.10 Å². The first-order valence-electron chi connectivity index (χ1n) is 5.51. The van der Waals surface area contributed by atoms with E-state index in [4.69, 9.17) is 10.2 Å². The second-order valence-corrected chi connectivity index (χ2v) is 6.57. The number of aromatic carboxylic acids is 1. The van der Waals surface area contributed by atoms with Crippen molar-refractivity contribution in [3.8, 4) is 5.69 Å². The first-order chi connectivity index (χ1) is 9.43. The van der Waals surface area contributed by atoms with Crippen molar-refractivity contribution in [2.45, 2.75) is 6.42 Å². The van der Waals surface area contributed by atoms with Crippen molar-refractivity contribution in [3.63, 3.8) is 0 Å². The molecule has 0 unspecified atom stereocenters. The lowest BCUT2D eigenvalue weighted by atomic mass is 10.2. The fourth-order valence-corrected chi connectivity index (χ4v) is 4.38. The highest BCUT2D eigenvalue weighted by Gasteiger charge is 2.18. The molecule has 0 saturated heterocycles. The molecule has 2 rings (SSSR count). The van der Waals surface area contributed by atoms with Crippen molar-refractivity contribution in [3.05, 3.63) is 43.0 Å². The molecule has 20 heavy (non-hydrogen) atoms. The molecule has 0 aliphatic heterocycles. The van der Waals surface area contributed by atoms with Gasteiger partial charge in [0.25, 0.3) is 0 Å². The van der Waals surface area contributed by atoms with E-state index in [1.807, 2.05) is 12.1 Å². The molecule has 2 aromatic rings. The predicted octanol–water partition coefficient (Wildman–Crippen LogP) is 3.39. The number of aliphatic hydroxyl groups excluding tert-OH is 1. The topological polar surface area (TPSA) is 75.3 Å². The Morgan fingerprint density at radius 2 is 1.85 bits per heavy atom. The van der Waals surface area contributed by atoms with E-state index >= 15 is 0 Å². The fourth-order valence-electron chi connectivity index (χ4n) is 1.76. The van der Waals surface area contributed by atoms with E-state index in [0.29, 0.717) is 11.3 Å². The van der Waals surface area contributed by atoms with Gasteiger partial charge in [0.15, 0.2) is 5.69 Å². The van der Waals surface area contributed by atoms with Crippen LogP contribution in [0.25, 0.3) is 5.69 Å². The standard InChI is InChI=1S/C12H9Br3N2O3/c13-7-3-8(14)11(9(15)4-7)17-5-6(1-2-18)10(16-17)12(19)20/h3-5,18H,1-2H2,(H,19,20). The number of nitrogens with zero attached hydrogens (tertiary/aromatic N) is 2. The predicted molar refractivity (Wildman–Crippen MR) is 84.4 cm³/mol. The molecule has 1 aromatic carbocycles. The fraction of sp³-hybridized carbons (Fsp3) is 0.167. The molecule has 1 heterocycles. The SMILES string of the molecule is O=C(O)c1nn(-c2c(Br)cc(Br)cc2Br)cc1CCO. The minimum absolute atomic E-state index is 0.0548. The average molecular weight is 469 g/mol. The zero-order chi connectivity index (χ0) is 14.9. The van der Waals surface area contributed by atoms with Crippen LogP contribution in [-0.4, -0.2) is 32.6 Å². The summed E-state index contributed by atoms with van der Waals surface area (Å²) in [6.45, 7) is -0.130. The van der Waals surface area contributed by atoms with E-state index in [2.05, 4.69) is 52.9 Å². The Morgan fingerprint density at radius 1 is 1.25 bits per heavy atom. The Kier molecular flexibility index (Phi) is 5.00. The maximum absolute atomic E-state index is 11.2. The number of rotatable bonds is 4. The summed E-state index contributed by atoms with van der Waals surface area (Å²) in [6.07, 6.45) is 1.85. The van der Waals surface area contributed by atoms with Gasteiger partial charge in [0, 0.05) is 31.8 Å². The molecule has 0 radical (unpaired) electrons. The third-order valence-corrected chi connectivity index (χ3v) is 4.25. The maximum atomic E-state index is 11.2. The normalized spacial score (nSPS) is 10.8. The number of carboxylic acid groups (broad SMARTS) is 1. The first kappa shape index (κ1) is 15.7. The number of aliphatic hydroxyl groups is 1. The van der Waals surface area contributed by atoms with E-state index in [-0.39, 0.29) is 18.7 Å². The highest BCUT2D eigenvalue weighted by Crippen LogP contribution is 2.33. The summed E-state index contributed by atoms with van der Waals surface area (Å²) in [4.78, 5) is 11.2. The Morgan fingerprint density at radius 3 is 2.35 bits per heavy atom. The quantitative estimate of drug-likeness (QED) is 0.721. The van der Waals surface area contributed by atoms with Gasteiger partial charge < -0.3 is 10.2 Å². The number of hydrogen-bond donors (Lipinski definition) is 2. The molecule has 8 heteroatoms. The Balaban J connectivity index is 2.59. The Bertz CT molecular complexity index is 647. The molecule has 0 aliphatic carbocycles. The van der Waals surface area contributed by atoms with Gasteiger partial charge in [-0.3, -0.25) is 0 Å². The monoisotopic (exact) mass is 466 g/mol. The molecule has 2 N–H and O–H groups in total. The molecule has 0 bridgehead atoms. The zero-order valence-corrected chi connectivity index (χ0v) is 14.7. The van der Waals surface area contributed by atoms with Gasteiger partial charge in [-0.25, -0.2) is 9.48 Å². The average Bonchev–Trinajstić information content (AvgIpc) is 2.72. The van der Waals surface area contributed by atoms with Crippen LogP contribution in [0.15, 0.2) is 31.7 Å². The highest BCUT2D eigenvalue weighted by molar-refractivity contribution is 9.11. The van der Waals surface area contributed by atoms with Gasteiger partial charge in [0.1, 0.15) is 0 Å². The number of hydrogen-bond acceptors (Lipinski definition) is 3.